The van der Waals surface area contributed by atoms with E-state index in [2.05, 4.69) is 0 Å². The van der Waals surface area contributed by atoms with E-state index in [4.69, 9.17) is 10.8 Å². The minimum Gasteiger partial charge on any atom is -0.396 e. The monoisotopic (exact) mass is 279 g/mol. The summed E-state index contributed by atoms with van der Waals surface area (Å²) >= 11 is 0. The zero-order valence-corrected chi connectivity index (χ0v) is 11.0. The number of hydrogen-bond acceptors (Lipinski definition) is 5. The van der Waals surface area contributed by atoms with Crippen LogP contribution in [-0.2, 0) is 0 Å². The molecule has 0 unspecified atom stereocenters. The number of benzene rings is 1. The fourth-order valence-corrected chi connectivity index (χ4v) is 2.43. The first-order valence-corrected chi connectivity index (χ1v) is 6.47. The number of carbonyl (C=O) groups excluding carboxylic acids is 1. The van der Waals surface area contributed by atoms with E-state index >= 15 is 0 Å². The third kappa shape index (κ3) is 2.72. The van der Waals surface area contributed by atoms with Crippen molar-refractivity contribution in [1.29, 1.82) is 0 Å². The third-order valence-electron chi connectivity index (χ3n) is 3.64. The van der Waals surface area contributed by atoms with E-state index in [1.807, 2.05) is 0 Å². The highest BCUT2D eigenvalue weighted by Crippen LogP contribution is 2.28. The van der Waals surface area contributed by atoms with Gasteiger partial charge in [0.1, 0.15) is 11.3 Å². The second-order valence-electron chi connectivity index (χ2n) is 4.92. The number of carbonyl (C=O) groups is 1. The van der Waals surface area contributed by atoms with Crippen molar-refractivity contribution in [2.75, 3.05) is 25.4 Å². The third-order valence-corrected chi connectivity index (χ3v) is 3.64. The fraction of sp³-hybridized carbons (Fsp3) is 0.462. The van der Waals surface area contributed by atoms with Crippen LogP contribution in [0.4, 0.5) is 11.4 Å². The van der Waals surface area contributed by atoms with Crippen molar-refractivity contribution in [2.45, 2.75) is 12.8 Å². The standard InChI is InChI=1S/C13H17N3O4/c14-11-3-1-2-10(12(11)16(19)20)13(18)15-6-4-9(8-17)5-7-15/h1-3,9,17H,4-8,14H2. The Morgan fingerprint density at radius 1 is 1.45 bits per heavy atom. The van der Waals surface area contributed by atoms with Crippen LogP contribution in [0.2, 0.25) is 0 Å². The van der Waals surface area contributed by atoms with Crippen LogP contribution in [0, 0.1) is 16.0 Å². The Hall–Kier alpha value is -2.15. The van der Waals surface area contributed by atoms with Crippen LogP contribution in [0.25, 0.3) is 0 Å². The van der Waals surface area contributed by atoms with Crippen molar-refractivity contribution in [3.05, 3.63) is 33.9 Å². The van der Waals surface area contributed by atoms with Gasteiger partial charge in [-0.2, -0.15) is 0 Å². The molecule has 0 bridgehead atoms. The predicted molar refractivity (Wildman–Crippen MR) is 73.2 cm³/mol. The SMILES string of the molecule is Nc1cccc(C(=O)N2CCC(CO)CC2)c1[N+](=O)[O-]. The number of para-hydroxylation sites is 1. The summed E-state index contributed by atoms with van der Waals surface area (Å²) < 4.78 is 0. The van der Waals surface area contributed by atoms with Crippen molar-refractivity contribution in [3.63, 3.8) is 0 Å². The van der Waals surface area contributed by atoms with Crippen molar-refractivity contribution in [2.24, 2.45) is 5.92 Å². The van der Waals surface area contributed by atoms with Crippen molar-refractivity contribution in [3.8, 4) is 0 Å². The number of rotatable bonds is 3. The van der Waals surface area contributed by atoms with Gasteiger partial charge in [0.15, 0.2) is 0 Å². The molecule has 0 aliphatic carbocycles. The Kier molecular flexibility index (Phi) is 4.19. The highest BCUT2D eigenvalue weighted by Gasteiger charge is 2.29. The molecule has 0 radical (unpaired) electrons. The number of nitrogens with two attached hydrogens (primary N) is 1. The van der Waals surface area contributed by atoms with E-state index in [9.17, 15) is 14.9 Å². The Labute approximate surface area is 116 Å². The highest BCUT2D eigenvalue weighted by molar-refractivity contribution is 6.00. The number of amides is 1. The van der Waals surface area contributed by atoms with E-state index in [1.54, 1.807) is 4.90 Å². The summed E-state index contributed by atoms with van der Waals surface area (Å²) in [5, 5.41) is 20.1. The largest absolute Gasteiger partial charge is 0.396 e. The number of nitro groups is 1. The molecule has 1 aliphatic heterocycles. The first kappa shape index (κ1) is 14.3. The lowest BCUT2D eigenvalue weighted by molar-refractivity contribution is -0.384. The van der Waals surface area contributed by atoms with Crippen LogP contribution in [0.1, 0.15) is 23.2 Å². The first-order valence-electron chi connectivity index (χ1n) is 6.47. The molecule has 1 aliphatic rings. The minimum atomic E-state index is -0.622. The van der Waals surface area contributed by atoms with Gasteiger partial charge in [-0.15, -0.1) is 0 Å². The molecule has 0 saturated carbocycles. The van der Waals surface area contributed by atoms with Crippen LogP contribution in [0.3, 0.4) is 0 Å². The van der Waals surface area contributed by atoms with E-state index in [1.165, 1.54) is 18.2 Å². The second-order valence-corrected chi connectivity index (χ2v) is 4.92. The molecule has 20 heavy (non-hydrogen) atoms. The molecule has 1 aromatic carbocycles. The lowest BCUT2D eigenvalue weighted by atomic mass is 9.97. The molecule has 7 nitrogen and oxygen atoms in total. The maximum atomic E-state index is 12.4. The Balaban J connectivity index is 2.22. The number of nitrogen functional groups attached to an aromatic ring is 1. The number of nitro benzene ring substituents is 1. The van der Waals surface area contributed by atoms with E-state index in [0.29, 0.717) is 25.9 Å². The summed E-state index contributed by atoms with van der Waals surface area (Å²) in [6.45, 7) is 1.10. The van der Waals surface area contributed by atoms with Crippen LogP contribution in [-0.4, -0.2) is 40.5 Å². The number of piperidine rings is 1. The molecule has 7 heteroatoms. The molecular formula is C13H17N3O4. The van der Waals surface area contributed by atoms with E-state index < -0.39 is 4.92 Å². The van der Waals surface area contributed by atoms with Gasteiger partial charge in [0.25, 0.3) is 5.91 Å². The molecule has 1 fully saturated rings. The number of nitrogens with zero attached hydrogens (tertiary/aromatic N) is 2. The average molecular weight is 279 g/mol. The Morgan fingerprint density at radius 2 is 2.10 bits per heavy atom. The van der Waals surface area contributed by atoms with Crippen LogP contribution in [0.5, 0.6) is 0 Å². The normalized spacial score (nSPS) is 16.1. The van der Waals surface area contributed by atoms with E-state index in [0.717, 1.165) is 0 Å². The van der Waals surface area contributed by atoms with E-state index in [-0.39, 0.29) is 35.4 Å². The number of likely N-dealkylation sites (tertiary alicyclic amines) is 1. The van der Waals surface area contributed by atoms with Gasteiger partial charge in [-0.3, -0.25) is 14.9 Å². The van der Waals surface area contributed by atoms with Gasteiger partial charge < -0.3 is 15.7 Å². The Bertz CT molecular complexity index is 524. The molecule has 1 aromatic rings. The van der Waals surface area contributed by atoms with Crippen LogP contribution >= 0.6 is 0 Å². The molecule has 1 saturated heterocycles. The van der Waals surface area contributed by atoms with Crippen LogP contribution in [0.15, 0.2) is 18.2 Å². The lowest BCUT2D eigenvalue weighted by Crippen LogP contribution is -2.39. The average Bonchev–Trinajstić information content (AvgIpc) is 2.46. The molecule has 0 aromatic heterocycles. The fourth-order valence-electron chi connectivity index (χ4n) is 2.43. The van der Waals surface area contributed by atoms with Gasteiger partial charge >= 0.3 is 5.69 Å². The van der Waals surface area contributed by atoms with Crippen LogP contribution < -0.4 is 5.73 Å². The molecule has 108 valence electrons. The minimum absolute atomic E-state index is 0.00825. The summed E-state index contributed by atoms with van der Waals surface area (Å²) in [5.41, 5.74) is 5.27. The number of anilines is 1. The zero-order valence-electron chi connectivity index (χ0n) is 11.0. The molecule has 0 spiro atoms. The first-order chi connectivity index (χ1) is 9.54. The Morgan fingerprint density at radius 3 is 2.65 bits per heavy atom. The molecular weight excluding hydrogens is 262 g/mol. The molecule has 1 amide bonds. The van der Waals surface area contributed by atoms with Gasteiger partial charge in [-0.05, 0) is 30.9 Å². The van der Waals surface area contributed by atoms with Crippen molar-refractivity contribution < 1.29 is 14.8 Å². The summed E-state index contributed by atoms with van der Waals surface area (Å²) in [6.07, 6.45) is 1.41. The summed E-state index contributed by atoms with van der Waals surface area (Å²) in [7, 11) is 0. The molecule has 0 atom stereocenters. The van der Waals surface area contributed by atoms with Crippen molar-refractivity contribution in [1.82, 2.24) is 4.90 Å². The zero-order chi connectivity index (χ0) is 14.7. The van der Waals surface area contributed by atoms with Gasteiger partial charge in [-0.1, -0.05) is 6.07 Å². The topological polar surface area (TPSA) is 110 Å². The van der Waals surface area contributed by atoms with Crippen molar-refractivity contribution >= 4 is 17.3 Å². The maximum Gasteiger partial charge on any atom is 0.304 e. The summed E-state index contributed by atoms with van der Waals surface area (Å²) in [6, 6.07) is 4.37. The predicted octanol–water partition coefficient (Wildman–Crippen LogP) is 1.02. The van der Waals surface area contributed by atoms with Gasteiger partial charge in [-0.25, -0.2) is 0 Å². The molecule has 2 rings (SSSR count). The molecule has 1 heterocycles. The lowest BCUT2D eigenvalue weighted by Gasteiger charge is -2.31. The number of hydrogen-bond donors (Lipinski definition) is 2. The summed E-state index contributed by atoms with van der Waals surface area (Å²) in [5.74, 6) is -0.171. The number of aliphatic hydroxyl groups excluding tert-OH is 1. The van der Waals surface area contributed by atoms with Gasteiger partial charge in [0.2, 0.25) is 0 Å². The maximum absolute atomic E-state index is 12.4. The quantitative estimate of drug-likeness (QED) is 0.487. The second kappa shape index (κ2) is 5.87. The van der Waals surface area contributed by atoms with Gasteiger partial charge in [0.05, 0.1) is 4.92 Å². The molecule has 3 N–H and O–H groups in total. The number of aliphatic hydroxyl groups is 1. The summed E-state index contributed by atoms with van der Waals surface area (Å²) in [4.78, 5) is 24.4. The van der Waals surface area contributed by atoms with Gasteiger partial charge in [0, 0.05) is 19.7 Å². The smallest absolute Gasteiger partial charge is 0.304 e. The highest BCUT2D eigenvalue weighted by atomic mass is 16.6.